The third kappa shape index (κ3) is 10.3. The van der Waals surface area contributed by atoms with Gasteiger partial charge in [0.15, 0.2) is 0 Å². The normalized spacial score (nSPS) is 15.8. The molecule has 1 aromatic heterocycles. The number of carboxylic acids is 2. The molecule has 3 aromatic rings. The minimum atomic E-state index is -5.08. The standard InChI is InChI=1S/C26H25Cl2N3O6S.C2HF3O2/c27-19-13-20(28)15-22(14-19)38(35,36)31-11-1-2-24(31)25(32)30-23(26(33)34)12-17-3-5-21(6-4-17)37-16-18-7-9-29-10-8-18;3-2(4,5)1(6)7/h3-10,13-15,23-24H,1-2,11-12,16H2,(H,30,32)(H,33,34);(H,6,7)/t23-,24-;/m0./s1. The summed E-state index contributed by atoms with van der Waals surface area (Å²) in [7, 11) is -4.08. The summed E-state index contributed by atoms with van der Waals surface area (Å²) in [5.41, 5.74) is 1.62. The van der Waals surface area contributed by atoms with E-state index in [4.69, 9.17) is 37.8 Å². The van der Waals surface area contributed by atoms with E-state index in [0.29, 0.717) is 24.3 Å². The van der Waals surface area contributed by atoms with E-state index >= 15 is 0 Å². The minimum absolute atomic E-state index is 0.00901. The number of benzene rings is 2. The highest BCUT2D eigenvalue weighted by Gasteiger charge is 2.41. The summed E-state index contributed by atoms with van der Waals surface area (Å²) in [6.07, 6.45) is -1.01. The molecule has 1 aliphatic rings. The van der Waals surface area contributed by atoms with Gasteiger partial charge in [-0.25, -0.2) is 18.0 Å². The fraction of sp³-hybridized carbons (Fsp3) is 0.286. The van der Waals surface area contributed by atoms with E-state index in [0.717, 1.165) is 9.87 Å². The fourth-order valence-corrected chi connectivity index (χ4v) is 6.56. The second-order valence-electron chi connectivity index (χ2n) is 9.57. The number of carboxylic acid groups (broad SMARTS) is 2. The highest BCUT2D eigenvalue weighted by atomic mass is 35.5. The van der Waals surface area contributed by atoms with E-state index in [2.05, 4.69) is 10.3 Å². The van der Waals surface area contributed by atoms with Crippen molar-refractivity contribution in [3.05, 3.63) is 88.2 Å². The van der Waals surface area contributed by atoms with Crippen LogP contribution in [0.5, 0.6) is 5.75 Å². The third-order valence-corrected chi connectivity index (χ3v) is 8.65. The van der Waals surface area contributed by atoms with Crippen LogP contribution in [0.2, 0.25) is 10.0 Å². The van der Waals surface area contributed by atoms with E-state index in [9.17, 15) is 36.3 Å². The smallest absolute Gasteiger partial charge is 0.489 e. The Bertz CT molecular complexity index is 1590. The molecule has 242 valence electrons. The Kier molecular flexibility index (Phi) is 12.2. The zero-order valence-corrected chi connectivity index (χ0v) is 25.4. The molecule has 3 N–H and O–H groups in total. The van der Waals surface area contributed by atoms with Gasteiger partial charge in [-0.1, -0.05) is 35.3 Å². The van der Waals surface area contributed by atoms with Gasteiger partial charge in [-0.15, -0.1) is 0 Å². The summed E-state index contributed by atoms with van der Waals surface area (Å²) in [6, 6.07) is 12.2. The molecule has 17 heteroatoms. The number of sulfonamides is 1. The van der Waals surface area contributed by atoms with Crippen molar-refractivity contribution in [3.8, 4) is 5.75 Å². The number of nitrogens with zero attached hydrogens (tertiary/aromatic N) is 2. The van der Waals surface area contributed by atoms with Crippen LogP contribution in [0.25, 0.3) is 0 Å². The van der Waals surface area contributed by atoms with Crippen LogP contribution in [0.15, 0.2) is 71.9 Å². The van der Waals surface area contributed by atoms with Gasteiger partial charge in [0.25, 0.3) is 0 Å². The van der Waals surface area contributed by atoms with Gasteiger partial charge in [-0.05, 0) is 66.4 Å². The van der Waals surface area contributed by atoms with E-state index < -0.39 is 46.1 Å². The van der Waals surface area contributed by atoms with Crippen LogP contribution in [0, 0.1) is 0 Å². The lowest BCUT2D eigenvalue weighted by molar-refractivity contribution is -0.192. The Balaban J connectivity index is 0.000000707. The van der Waals surface area contributed by atoms with Gasteiger partial charge in [-0.3, -0.25) is 9.78 Å². The molecule has 0 radical (unpaired) electrons. The lowest BCUT2D eigenvalue weighted by Gasteiger charge is -2.25. The van der Waals surface area contributed by atoms with Gasteiger partial charge in [0.05, 0.1) is 4.90 Å². The maximum atomic E-state index is 13.2. The van der Waals surface area contributed by atoms with Crippen molar-refractivity contribution in [1.29, 1.82) is 0 Å². The second kappa shape index (κ2) is 15.4. The van der Waals surface area contributed by atoms with E-state index in [1.54, 1.807) is 36.7 Å². The Morgan fingerprint density at radius 2 is 1.58 bits per heavy atom. The highest BCUT2D eigenvalue weighted by Crippen LogP contribution is 2.30. The highest BCUT2D eigenvalue weighted by molar-refractivity contribution is 7.89. The predicted octanol–water partition coefficient (Wildman–Crippen LogP) is 4.57. The van der Waals surface area contributed by atoms with Crippen molar-refractivity contribution in [3.63, 3.8) is 0 Å². The predicted molar refractivity (Wildman–Crippen MR) is 155 cm³/mol. The first-order valence-corrected chi connectivity index (χ1v) is 15.2. The quantitative estimate of drug-likeness (QED) is 0.276. The molecule has 4 rings (SSSR count). The molecule has 0 aliphatic carbocycles. The number of rotatable bonds is 10. The van der Waals surface area contributed by atoms with Crippen molar-refractivity contribution in [2.45, 2.75) is 49.0 Å². The Hall–Kier alpha value is -3.92. The number of pyridine rings is 1. The van der Waals surface area contributed by atoms with Gasteiger partial charge in [0, 0.05) is 35.4 Å². The van der Waals surface area contributed by atoms with Crippen LogP contribution >= 0.6 is 23.2 Å². The topological polar surface area (TPSA) is 163 Å². The van der Waals surface area contributed by atoms with Crippen LogP contribution in [-0.4, -0.2) is 70.6 Å². The first kappa shape index (κ1) is 35.6. The number of aromatic nitrogens is 1. The van der Waals surface area contributed by atoms with Gasteiger partial charge in [0.2, 0.25) is 15.9 Å². The molecule has 45 heavy (non-hydrogen) atoms. The van der Waals surface area contributed by atoms with E-state index in [1.165, 1.54) is 18.2 Å². The summed E-state index contributed by atoms with van der Waals surface area (Å²) in [5.74, 6) is -4.06. The maximum absolute atomic E-state index is 13.2. The molecule has 2 heterocycles. The van der Waals surface area contributed by atoms with Crippen molar-refractivity contribution in [2.24, 2.45) is 0 Å². The number of halogens is 5. The van der Waals surface area contributed by atoms with Crippen LogP contribution in [-0.2, 0) is 37.4 Å². The average molecular weight is 692 g/mol. The Morgan fingerprint density at radius 3 is 2.11 bits per heavy atom. The number of hydrogen-bond donors (Lipinski definition) is 3. The monoisotopic (exact) mass is 691 g/mol. The van der Waals surface area contributed by atoms with Crippen LogP contribution in [0.3, 0.4) is 0 Å². The molecule has 1 fully saturated rings. The molecule has 11 nitrogen and oxygen atoms in total. The van der Waals surface area contributed by atoms with Gasteiger partial charge >= 0.3 is 18.1 Å². The summed E-state index contributed by atoms with van der Waals surface area (Å²) in [4.78, 5) is 37.8. The lowest BCUT2D eigenvalue weighted by Crippen LogP contribution is -2.51. The molecular formula is C28H26Cl2F3N3O8S. The number of alkyl halides is 3. The summed E-state index contributed by atoms with van der Waals surface area (Å²) < 4.78 is 65.0. The van der Waals surface area contributed by atoms with Crippen LogP contribution in [0.1, 0.15) is 24.0 Å². The second-order valence-corrected chi connectivity index (χ2v) is 12.3. The molecule has 1 amide bonds. The van der Waals surface area contributed by atoms with Crippen LogP contribution < -0.4 is 10.1 Å². The number of nitrogens with one attached hydrogen (secondary N) is 1. The molecule has 1 saturated heterocycles. The molecule has 2 aromatic carbocycles. The number of carbonyl (C=O) groups excluding carboxylic acids is 1. The van der Waals surface area contributed by atoms with Gasteiger partial charge in [0.1, 0.15) is 24.4 Å². The molecule has 0 saturated carbocycles. The number of aliphatic carboxylic acids is 2. The van der Waals surface area contributed by atoms with Crippen molar-refractivity contribution >= 4 is 51.1 Å². The first-order valence-electron chi connectivity index (χ1n) is 13.0. The largest absolute Gasteiger partial charge is 0.490 e. The number of hydrogen-bond acceptors (Lipinski definition) is 7. The Labute approximate surface area is 265 Å². The van der Waals surface area contributed by atoms with E-state index in [-0.39, 0.29) is 34.3 Å². The van der Waals surface area contributed by atoms with Crippen molar-refractivity contribution in [1.82, 2.24) is 14.6 Å². The molecule has 2 atom stereocenters. The molecule has 1 aliphatic heterocycles. The fourth-order valence-electron chi connectivity index (χ4n) is 4.17. The molecule has 0 bridgehead atoms. The Morgan fingerprint density at radius 1 is 1.00 bits per heavy atom. The van der Waals surface area contributed by atoms with E-state index in [1.807, 2.05) is 12.1 Å². The lowest BCUT2D eigenvalue weighted by atomic mass is 10.1. The third-order valence-electron chi connectivity index (χ3n) is 6.32. The van der Waals surface area contributed by atoms with Gasteiger partial charge < -0.3 is 20.3 Å². The molecular weight excluding hydrogens is 666 g/mol. The number of carbonyl (C=O) groups is 3. The van der Waals surface area contributed by atoms with Crippen molar-refractivity contribution in [2.75, 3.05) is 6.54 Å². The zero-order valence-electron chi connectivity index (χ0n) is 23.1. The first-order chi connectivity index (χ1) is 21.1. The molecule has 0 spiro atoms. The maximum Gasteiger partial charge on any atom is 0.490 e. The minimum Gasteiger partial charge on any atom is -0.489 e. The van der Waals surface area contributed by atoms with Crippen molar-refractivity contribution < 1.29 is 50.9 Å². The zero-order chi connectivity index (χ0) is 33.4. The molecule has 0 unspecified atom stereocenters. The number of amides is 1. The average Bonchev–Trinajstić information content (AvgIpc) is 3.48. The summed E-state index contributed by atoms with van der Waals surface area (Å²) in [5, 5.41) is 19.7. The summed E-state index contributed by atoms with van der Waals surface area (Å²) >= 11 is 12.0. The SMILES string of the molecule is O=C(O)C(F)(F)F.O=C(O)[C@H](Cc1ccc(OCc2ccncc2)cc1)NC(=O)[C@@H]1CCCN1S(=O)(=O)c1cc(Cl)cc(Cl)c1. The van der Waals surface area contributed by atoms with Gasteiger partial charge in [-0.2, -0.15) is 17.5 Å². The number of ether oxygens (including phenoxy) is 1. The van der Waals surface area contributed by atoms with Crippen LogP contribution in [0.4, 0.5) is 13.2 Å². The summed E-state index contributed by atoms with van der Waals surface area (Å²) in [6.45, 7) is 0.473.